The van der Waals surface area contributed by atoms with E-state index in [9.17, 15) is 4.79 Å². The Morgan fingerprint density at radius 3 is 2.71 bits per heavy atom. The van der Waals surface area contributed by atoms with Crippen LogP contribution in [-0.4, -0.2) is 59.3 Å². The van der Waals surface area contributed by atoms with Gasteiger partial charge in [0.1, 0.15) is 0 Å². The summed E-state index contributed by atoms with van der Waals surface area (Å²) in [6.07, 6.45) is 10.4. The number of likely N-dealkylation sites (tertiary alicyclic amines) is 1. The number of carbonyl (C=O) groups excluding carboxylic acids is 1. The predicted molar refractivity (Wildman–Crippen MR) is 134 cm³/mol. The number of para-hydroxylation sites is 1. The molecule has 1 aliphatic heterocycles. The lowest BCUT2D eigenvalue weighted by Crippen LogP contribution is -2.45. The summed E-state index contributed by atoms with van der Waals surface area (Å²) in [5.74, 6) is 1.42. The number of rotatable bonds is 6. The van der Waals surface area contributed by atoms with Crippen molar-refractivity contribution in [3.63, 3.8) is 0 Å². The minimum atomic E-state index is 0. The summed E-state index contributed by atoms with van der Waals surface area (Å²) >= 11 is 0. The molecule has 1 saturated heterocycles. The topological polar surface area (TPSA) is 74.6 Å². The van der Waals surface area contributed by atoms with Crippen molar-refractivity contribution in [1.82, 2.24) is 25.3 Å². The van der Waals surface area contributed by atoms with Gasteiger partial charge in [-0.3, -0.25) is 9.79 Å². The van der Waals surface area contributed by atoms with Crippen LogP contribution in [0, 0.1) is 5.92 Å². The molecule has 2 fully saturated rings. The van der Waals surface area contributed by atoms with E-state index < -0.39 is 0 Å². The monoisotopic (exact) mass is 536 g/mol. The maximum atomic E-state index is 12.6. The summed E-state index contributed by atoms with van der Waals surface area (Å²) in [6.45, 7) is 2.40. The average molecular weight is 536 g/mol. The summed E-state index contributed by atoms with van der Waals surface area (Å²) in [7, 11) is 1.79. The van der Waals surface area contributed by atoms with Gasteiger partial charge in [0.05, 0.1) is 11.9 Å². The van der Waals surface area contributed by atoms with Crippen molar-refractivity contribution in [3.05, 3.63) is 48.3 Å². The number of hydrogen-bond donors (Lipinski definition) is 2. The second kappa shape index (κ2) is 11.5. The Balaban J connectivity index is 0.00000272. The summed E-state index contributed by atoms with van der Waals surface area (Å²) < 4.78 is 1.90. The molecule has 7 nitrogen and oxygen atoms in total. The number of nitrogens with one attached hydrogen (secondary N) is 2. The molecule has 2 aromatic rings. The van der Waals surface area contributed by atoms with Crippen molar-refractivity contribution in [2.75, 3.05) is 26.7 Å². The van der Waals surface area contributed by atoms with Crippen LogP contribution in [0.1, 0.15) is 37.7 Å². The average Bonchev–Trinajstić information content (AvgIpc) is 3.55. The Morgan fingerprint density at radius 2 is 1.97 bits per heavy atom. The Morgan fingerprint density at radius 1 is 1.19 bits per heavy atom. The van der Waals surface area contributed by atoms with Crippen LogP contribution in [0.4, 0.5) is 0 Å². The SMILES string of the molecule is CN=C(NCCc1cnn(-c2ccccc2)c1)NC1CCN(C(=O)C2CCCC2)C1.I. The predicted octanol–water partition coefficient (Wildman–Crippen LogP) is 2.99. The number of halogens is 1. The van der Waals surface area contributed by atoms with Crippen LogP contribution < -0.4 is 10.6 Å². The molecule has 1 saturated carbocycles. The molecule has 2 N–H and O–H groups in total. The standard InChI is InChI=1S/C23H32N6O.HI/c1-24-23(27-20-12-14-28(17-20)22(30)19-7-5-6-8-19)25-13-11-18-15-26-29(16-18)21-9-3-2-4-10-21;/h2-4,9-10,15-16,19-20H,5-8,11-14,17H2,1H3,(H2,24,25,27);1H. The van der Waals surface area contributed by atoms with Crippen LogP contribution >= 0.6 is 24.0 Å². The van der Waals surface area contributed by atoms with Gasteiger partial charge in [-0.05, 0) is 43.4 Å². The lowest BCUT2D eigenvalue weighted by molar-refractivity contribution is -0.134. The molecule has 1 aromatic heterocycles. The fourth-order valence-corrected chi connectivity index (χ4v) is 4.43. The Labute approximate surface area is 201 Å². The van der Waals surface area contributed by atoms with Gasteiger partial charge in [-0.25, -0.2) is 4.68 Å². The number of carbonyl (C=O) groups is 1. The van der Waals surface area contributed by atoms with Crippen LogP contribution in [0.2, 0.25) is 0 Å². The van der Waals surface area contributed by atoms with Crippen molar-refractivity contribution in [1.29, 1.82) is 0 Å². The first-order valence-corrected chi connectivity index (χ1v) is 11.1. The van der Waals surface area contributed by atoms with Gasteiger partial charge in [0.15, 0.2) is 5.96 Å². The summed E-state index contributed by atoms with van der Waals surface area (Å²) in [4.78, 5) is 19.0. The zero-order valence-corrected chi connectivity index (χ0v) is 20.5. The van der Waals surface area contributed by atoms with Crippen LogP contribution in [0.3, 0.4) is 0 Å². The molecule has 1 aliphatic carbocycles. The van der Waals surface area contributed by atoms with E-state index in [4.69, 9.17) is 0 Å². The van der Waals surface area contributed by atoms with Gasteiger partial charge in [-0.15, -0.1) is 24.0 Å². The zero-order chi connectivity index (χ0) is 20.8. The number of guanidine groups is 1. The quantitative estimate of drug-likeness (QED) is 0.338. The van der Waals surface area contributed by atoms with E-state index in [1.807, 2.05) is 46.1 Å². The highest BCUT2D eigenvalue weighted by atomic mass is 127. The molecule has 2 heterocycles. The van der Waals surface area contributed by atoms with Crippen LogP contribution in [0.5, 0.6) is 0 Å². The maximum Gasteiger partial charge on any atom is 0.225 e. The second-order valence-electron chi connectivity index (χ2n) is 8.27. The minimum Gasteiger partial charge on any atom is -0.356 e. The molecule has 0 bridgehead atoms. The lowest BCUT2D eigenvalue weighted by Gasteiger charge is -2.21. The van der Waals surface area contributed by atoms with E-state index in [-0.39, 0.29) is 35.9 Å². The van der Waals surface area contributed by atoms with E-state index in [0.29, 0.717) is 5.91 Å². The first kappa shape index (κ1) is 23.6. The molecule has 0 radical (unpaired) electrons. The van der Waals surface area contributed by atoms with Crippen LogP contribution in [0.25, 0.3) is 5.69 Å². The maximum absolute atomic E-state index is 12.6. The summed E-state index contributed by atoms with van der Waals surface area (Å²) in [6, 6.07) is 10.4. The molecule has 168 valence electrons. The molecule has 2 aliphatic rings. The molecule has 4 rings (SSSR count). The third kappa shape index (κ3) is 6.21. The number of aromatic nitrogens is 2. The van der Waals surface area contributed by atoms with Crippen molar-refractivity contribution in [2.24, 2.45) is 10.9 Å². The number of aliphatic imine (C=N–C) groups is 1. The van der Waals surface area contributed by atoms with E-state index in [1.54, 1.807) is 7.05 Å². The highest BCUT2D eigenvalue weighted by molar-refractivity contribution is 14.0. The molecule has 1 unspecified atom stereocenters. The molecule has 31 heavy (non-hydrogen) atoms. The van der Waals surface area contributed by atoms with Crippen molar-refractivity contribution < 1.29 is 4.79 Å². The molecule has 1 amide bonds. The van der Waals surface area contributed by atoms with Crippen molar-refractivity contribution in [2.45, 2.75) is 44.6 Å². The molecule has 1 atom stereocenters. The smallest absolute Gasteiger partial charge is 0.225 e. The van der Waals surface area contributed by atoms with Gasteiger partial charge in [0, 0.05) is 44.8 Å². The van der Waals surface area contributed by atoms with Gasteiger partial charge in [-0.2, -0.15) is 5.10 Å². The molecule has 1 aromatic carbocycles. The molecule has 8 heteroatoms. The summed E-state index contributed by atoms with van der Waals surface area (Å²) in [5.41, 5.74) is 2.24. The number of hydrogen-bond acceptors (Lipinski definition) is 3. The van der Waals surface area contributed by atoms with E-state index in [0.717, 1.165) is 57.0 Å². The number of nitrogens with zero attached hydrogens (tertiary/aromatic N) is 4. The van der Waals surface area contributed by atoms with Gasteiger partial charge in [0.2, 0.25) is 5.91 Å². The Hall–Kier alpha value is -2.10. The fraction of sp³-hybridized carbons (Fsp3) is 0.522. The van der Waals surface area contributed by atoms with E-state index in [2.05, 4.69) is 26.9 Å². The number of amides is 1. The van der Waals surface area contributed by atoms with Crippen LogP contribution in [-0.2, 0) is 11.2 Å². The highest BCUT2D eigenvalue weighted by Gasteiger charge is 2.32. The zero-order valence-electron chi connectivity index (χ0n) is 18.2. The van der Waals surface area contributed by atoms with E-state index in [1.165, 1.54) is 18.4 Å². The molecular weight excluding hydrogens is 503 g/mol. The van der Waals surface area contributed by atoms with Gasteiger partial charge >= 0.3 is 0 Å². The second-order valence-corrected chi connectivity index (χ2v) is 8.27. The minimum absolute atomic E-state index is 0. The fourth-order valence-electron chi connectivity index (χ4n) is 4.43. The largest absolute Gasteiger partial charge is 0.356 e. The third-order valence-corrected chi connectivity index (χ3v) is 6.13. The summed E-state index contributed by atoms with van der Waals surface area (Å²) in [5, 5.41) is 11.3. The third-order valence-electron chi connectivity index (χ3n) is 6.13. The first-order valence-electron chi connectivity index (χ1n) is 11.1. The Bertz CT molecular complexity index is 862. The van der Waals surface area contributed by atoms with Crippen molar-refractivity contribution in [3.8, 4) is 5.69 Å². The first-order chi connectivity index (χ1) is 14.7. The van der Waals surface area contributed by atoms with Crippen molar-refractivity contribution >= 4 is 35.8 Å². The lowest BCUT2D eigenvalue weighted by atomic mass is 10.1. The van der Waals surface area contributed by atoms with Gasteiger partial charge in [0.25, 0.3) is 0 Å². The molecular formula is C23H33IN6O. The van der Waals surface area contributed by atoms with Crippen LogP contribution in [0.15, 0.2) is 47.7 Å². The Kier molecular flexibility index (Phi) is 8.74. The van der Waals surface area contributed by atoms with Gasteiger partial charge < -0.3 is 15.5 Å². The van der Waals surface area contributed by atoms with Gasteiger partial charge in [-0.1, -0.05) is 31.0 Å². The number of benzene rings is 1. The van der Waals surface area contributed by atoms with E-state index >= 15 is 0 Å². The highest BCUT2D eigenvalue weighted by Crippen LogP contribution is 2.27. The molecule has 0 spiro atoms. The normalized spacial score (nSPS) is 19.3.